The van der Waals surface area contributed by atoms with Gasteiger partial charge in [0.05, 0.1) is 5.56 Å². The van der Waals surface area contributed by atoms with Gasteiger partial charge in [0.25, 0.3) is 0 Å². The Morgan fingerprint density at radius 2 is 1.78 bits per heavy atom. The van der Waals surface area contributed by atoms with Crippen molar-refractivity contribution in [1.29, 1.82) is 0 Å². The van der Waals surface area contributed by atoms with Gasteiger partial charge in [-0.3, -0.25) is 0 Å². The maximum Gasteiger partial charge on any atom is 0.137 e. The van der Waals surface area contributed by atoms with Crippen LogP contribution in [0.4, 0.5) is 13.2 Å². The summed E-state index contributed by atoms with van der Waals surface area (Å²) in [5.74, 6) is -2.72. The number of nitrogens with two attached hydrogens (primary N) is 1. The Labute approximate surface area is 107 Å². The third kappa shape index (κ3) is 2.42. The molecule has 1 heterocycles. The third-order valence-electron chi connectivity index (χ3n) is 2.69. The van der Waals surface area contributed by atoms with Gasteiger partial charge in [0.1, 0.15) is 17.5 Å². The number of hydrogen-bond acceptors (Lipinski definition) is 2. The van der Waals surface area contributed by atoms with Gasteiger partial charge >= 0.3 is 0 Å². The zero-order valence-electron chi connectivity index (χ0n) is 9.71. The molecule has 0 amide bonds. The van der Waals surface area contributed by atoms with Crippen molar-refractivity contribution in [3.05, 3.63) is 46.6 Å². The van der Waals surface area contributed by atoms with E-state index in [1.54, 1.807) is 12.1 Å². The Bertz CT molecular complexity index is 542. The Kier molecular flexibility index (Phi) is 3.73. The quantitative estimate of drug-likeness (QED) is 0.887. The molecule has 5 heteroatoms. The van der Waals surface area contributed by atoms with Crippen molar-refractivity contribution in [2.45, 2.75) is 19.4 Å². The van der Waals surface area contributed by atoms with Gasteiger partial charge in [-0.2, -0.15) is 0 Å². The second-order valence-corrected chi connectivity index (χ2v) is 5.08. The van der Waals surface area contributed by atoms with Gasteiger partial charge < -0.3 is 5.73 Å². The molecule has 0 saturated carbocycles. The van der Waals surface area contributed by atoms with E-state index in [0.29, 0.717) is 17.0 Å². The number of benzene rings is 1. The summed E-state index contributed by atoms with van der Waals surface area (Å²) >= 11 is 1.23. The molecule has 0 aliphatic carbocycles. The summed E-state index contributed by atoms with van der Waals surface area (Å²) in [6, 6.07) is 4.57. The minimum Gasteiger partial charge on any atom is -0.323 e. The second kappa shape index (κ2) is 5.12. The molecular weight excluding hydrogens is 259 g/mol. The molecule has 0 saturated heterocycles. The van der Waals surface area contributed by atoms with Crippen LogP contribution in [0.2, 0.25) is 0 Å². The lowest BCUT2D eigenvalue weighted by Gasteiger charge is -2.05. The highest BCUT2D eigenvalue weighted by atomic mass is 32.1. The van der Waals surface area contributed by atoms with Crippen LogP contribution in [0, 0.1) is 17.5 Å². The molecule has 2 N–H and O–H groups in total. The van der Waals surface area contributed by atoms with Crippen molar-refractivity contribution in [2.75, 3.05) is 0 Å². The molecule has 2 aromatic rings. The maximum absolute atomic E-state index is 13.6. The van der Waals surface area contributed by atoms with Crippen molar-refractivity contribution < 1.29 is 13.2 Å². The van der Waals surface area contributed by atoms with E-state index < -0.39 is 17.5 Å². The van der Waals surface area contributed by atoms with Crippen molar-refractivity contribution >= 4 is 11.3 Å². The molecule has 0 bridgehead atoms. The second-order valence-electron chi connectivity index (χ2n) is 3.96. The predicted molar refractivity (Wildman–Crippen MR) is 66.8 cm³/mol. The molecule has 96 valence electrons. The molecule has 1 aromatic carbocycles. The zero-order valence-corrected chi connectivity index (χ0v) is 10.5. The van der Waals surface area contributed by atoms with Crippen molar-refractivity contribution in [3.63, 3.8) is 0 Å². The molecule has 1 aromatic heterocycles. The summed E-state index contributed by atoms with van der Waals surface area (Å²) in [5.41, 5.74) is 5.65. The Balaban J connectivity index is 2.46. The summed E-state index contributed by atoms with van der Waals surface area (Å²) in [6.07, 6.45) is 0.744. The van der Waals surface area contributed by atoms with Gasteiger partial charge in [-0.25, -0.2) is 13.2 Å². The fraction of sp³-hybridized carbons (Fsp3) is 0.231. The average Bonchev–Trinajstić information content (AvgIpc) is 2.76. The van der Waals surface area contributed by atoms with E-state index in [0.717, 1.165) is 11.3 Å². The summed E-state index contributed by atoms with van der Waals surface area (Å²) in [4.78, 5) is 1.28. The lowest BCUT2D eigenvalue weighted by atomic mass is 10.1. The number of rotatable bonds is 3. The smallest absolute Gasteiger partial charge is 0.137 e. The molecule has 0 spiro atoms. The van der Waals surface area contributed by atoms with Gasteiger partial charge in [0, 0.05) is 27.9 Å². The first kappa shape index (κ1) is 13.1. The van der Waals surface area contributed by atoms with E-state index >= 15 is 0 Å². The van der Waals surface area contributed by atoms with Crippen LogP contribution in [0.3, 0.4) is 0 Å². The van der Waals surface area contributed by atoms with Gasteiger partial charge in [0.2, 0.25) is 0 Å². The highest BCUT2D eigenvalue weighted by molar-refractivity contribution is 7.15. The highest BCUT2D eigenvalue weighted by Gasteiger charge is 2.16. The first-order valence-corrected chi connectivity index (χ1v) is 6.34. The first-order valence-electron chi connectivity index (χ1n) is 5.53. The standard InChI is InChI=1S/C13H12F3NS/c1-2-10(17)11-3-4-12(18-11)13-8(15)5-7(14)6-9(13)16/h3-6,10H,2,17H2,1H3. The lowest BCUT2D eigenvalue weighted by molar-refractivity contribution is 0.548. The lowest BCUT2D eigenvalue weighted by Crippen LogP contribution is -2.05. The minimum atomic E-state index is -0.921. The Morgan fingerprint density at radius 1 is 1.17 bits per heavy atom. The minimum absolute atomic E-state index is 0.143. The normalized spacial score (nSPS) is 12.7. The van der Waals surface area contributed by atoms with Crippen LogP contribution in [-0.4, -0.2) is 0 Å². The highest BCUT2D eigenvalue weighted by Crippen LogP contribution is 2.35. The molecule has 1 unspecified atom stereocenters. The van der Waals surface area contributed by atoms with Crippen LogP contribution in [0.25, 0.3) is 10.4 Å². The van der Waals surface area contributed by atoms with Gasteiger partial charge in [-0.1, -0.05) is 6.92 Å². The summed E-state index contributed by atoms with van der Waals surface area (Å²) in [7, 11) is 0. The number of thiophene rings is 1. The van der Waals surface area contributed by atoms with Gasteiger partial charge in [-0.15, -0.1) is 11.3 Å². The molecule has 2 rings (SSSR count). The Hall–Kier alpha value is -1.33. The van der Waals surface area contributed by atoms with Crippen LogP contribution in [0.15, 0.2) is 24.3 Å². The zero-order chi connectivity index (χ0) is 13.3. The van der Waals surface area contributed by atoms with E-state index in [2.05, 4.69) is 0 Å². The molecule has 0 radical (unpaired) electrons. The first-order chi connectivity index (χ1) is 8.52. The topological polar surface area (TPSA) is 26.0 Å². The van der Waals surface area contributed by atoms with E-state index in [1.165, 1.54) is 11.3 Å². The summed E-state index contributed by atoms with van der Waals surface area (Å²) in [6.45, 7) is 1.93. The molecule has 18 heavy (non-hydrogen) atoms. The van der Waals surface area contributed by atoms with Crippen LogP contribution >= 0.6 is 11.3 Å². The predicted octanol–water partition coefficient (Wildman–Crippen LogP) is 4.24. The van der Waals surface area contributed by atoms with Gasteiger partial charge in [-0.05, 0) is 18.6 Å². The Morgan fingerprint density at radius 3 is 2.33 bits per heavy atom. The van der Waals surface area contributed by atoms with Crippen molar-refractivity contribution in [2.24, 2.45) is 5.73 Å². The summed E-state index contributed by atoms with van der Waals surface area (Å²) < 4.78 is 40.0. The SMILES string of the molecule is CCC(N)c1ccc(-c2c(F)cc(F)cc2F)s1. The maximum atomic E-state index is 13.6. The number of halogens is 3. The van der Waals surface area contributed by atoms with E-state index in [4.69, 9.17) is 5.73 Å². The average molecular weight is 271 g/mol. The van der Waals surface area contributed by atoms with Crippen molar-refractivity contribution in [1.82, 2.24) is 0 Å². The fourth-order valence-electron chi connectivity index (χ4n) is 1.67. The summed E-state index contributed by atoms with van der Waals surface area (Å²) in [5, 5.41) is 0. The van der Waals surface area contributed by atoms with Crippen LogP contribution in [-0.2, 0) is 0 Å². The van der Waals surface area contributed by atoms with Crippen molar-refractivity contribution in [3.8, 4) is 10.4 Å². The van der Waals surface area contributed by atoms with E-state index in [-0.39, 0.29) is 11.6 Å². The molecule has 1 atom stereocenters. The third-order valence-corrected chi connectivity index (χ3v) is 3.92. The molecular formula is C13H12F3NS. The van der Waals surface area contributed by atoms with Crippen LogP contribution < -0.4 is 5.73 Å². The monoisotopic (exact) mass is 271 g/mol. The molecule has 0 fully saturated rings. The van der Waals surface area contributed by atoms with E-state index in [1.807, 2.05) is 6.92 Å². The fourth-order valence-corrected chi connectivity index (χ4v) is 2.81. The van der Waals surface area contributed by atoms with E-state index in [9.17, 15) is 13.2 Å². The largest absolute Gasteiger partial charge is 0.323 e. The van der Waals surface area contributed by atoms with Crippen LogP contribution in [0.5, 0.6) is 0 Å². The molecule has 1 nitrogen and oxygen atoms in total. The molecule has 0 aliphatic heterocycles. The number of hydrogen-bond donors (Lipinski definition) is 1. The van der Waals surface area contributed by atoms with Crippen LogP contribution in [0.1, 0.15) is 24.3 Å². The van der Waals surface area contributed by atoms with Gasteiger partial charge in [0.15, 0.2) is 0 Å². The molecule has 0 aliphatic rings.